The smallest absolute Gasteiger partial charge is 0.357 e. The zero-order valence-electron chi connectivity index (χ0n) is 18.2. The van der Waals surface area contributed by atoms with Crippen LogP contribution in [0.3, 0.4) is 0 Å². The molecule has 1 atom stereocenters. The maximum absolute atomic E-state index is 13.6. The monoisotopic (exact) mass is 472 g/mol. The van der Waals surface area contributed by atoms with Gasteiger partial charge in [0.25, 0.3) is 10.0 Å². The molecule has 34 heavy (non-hydrogen) atoms. The number of aryl methyl sites for hydroxylation is 1. The van der Waals surface area contributed by atoms with Crippen LogP contribution in [0.5, 0.6) is 0 Å². The quantitative estimate of drug-likeness (QED) is 0.473. The van der Waals surface area contributed by atoms with E-state index in [1.165, 1.54) is 18.5 Å². The molecule has 0 saturated carbocycles. The van der Waals surface area contributed by atoms with E-state index in [0.29, 0.717) is 5.69 Å². The fourth-order valence-electron chi connectivity index (χ4n) is 4.31. The van der Waals surface area contributed by atoms with Crippen molar-refractivity contribution in [2.75, 3.05) is 0 Å². The van der Waals surface area contributed by atoms with Gasteiger partial charge in [-0.15, -0.1) is 5.10 Å². The summed E-state index contributed by atoms with van der Waals surface area (Å²) >= 11 is 0. The molecule has 2 heterocycles. The summed E-state index contributed by atoms with van der Waals surface area (Å²) in [6.07, 6.45) is 6.70. The lowest BCUT2D eigenvalue weighted by Gasteiger charge is -2.33. The number of hydrogen-bond acceptors (Lipinski definition) is 6. The lowest BCUT2D eigenvalue weighted by Crippen LogP contribution is -2.33. The molecule has 4 aromatic rings. The molecule has 0 amide bonds. The number of aromatic nitrogens is 4. The SMILES string of the molecule is Cc1ccc(S(=O)(=O)n2nc(C(=O)O)c3c2CC(c2ccccc2)(c2ccncn2)C=C3)cc1. The first-order valence-electron chi connectivity index (χ1n) is 10.5. The summed E-state index contributed by atoms with van der Waals surface area (Å²) < 4.78 is 28.0. The van der Waals surface area contributed by atoms with Crippen molar-refractivity contribution in [2.45, 2.75) is 23.7 Å². The van der Waals surface area contributed by atoms with Crippen LogP contribution in [0, 0.1) is 6.92 Å². The molecule has 0 radical (unpaired) electrons. The van der Waals surface area contributed by atoms with Crippen LogP contribution >= 0.6 is 0 Å². The first-order chi connectivity index (χ1) is 16.3. The number of carboxylic acids is 1. The Bertz CT molecular complexity index is 1470. The molecule has 1 N–H and O–H groups in total. The maximum atomic E-state index is 13.6. The Balaban J connectivity index is 1.76. The second-order valence-corrected chi connectivity index (χ2v) is 9.88. The first kappa shape index (κ1) is 21.7. The molecule has 2 aromatic heterocycles. The molecular formula is C25H20N4O4S. The van der Waals surface area contributed by atoms with Crippen molar-refractivity contribution in [1.29, 1.82) is 0 Å². The summed E-state index contributed by atoms with van der Waals surface area (Å²) in [7, 11) is -4.15. The van der Waals surface area contributed by atoms with Gasteiger partial charge in [-0.05, 0) is 30.7 Å². The van der Waals surface area contributed by atoms with E-state index in [0.717, 1.165) is 15.2 Å². The van der Waals surface area contributed by atoms with Gasteiger partial charge in [0.1, 0.15) is 6.33 Å². The van der Waals surface area contributed by atoms with Crippen molar-refractivity contribution < 1.29 is 18.3 Å². The minimum absolute atomic E-state index is 0.0299. The van der Waals surface area contributed by atoms with Crippen LogP contribution in [-0.4, -0.2) is 38.6 Å². The van der Waals surface area contributed by atoms with E-state index in [1.54, 1.807) is 30.5 Å². The zero-order valence-corrected chi connectivity index (χ0v) is 19.0. The average Bonchev–Trinajstić information content (AvgIpc) is 3.25. The summed E-state index contributed by atoms with van der Waals surface area (Å²) in [6, 6.07) is 17.7. The summed E-state index contributed by atoms with van der Waals surface area (Å²) in [5.74, 6) is -1.30. The summed E-state index contributed by atoms with van der Waals surface area (Å²) in [5, 5.41) is 13.8. The molecule has 170 valence electrons. The van der Waals surface area contributed by atoms with E-state index in [1.807, 2.05) is 43.3 Å². The van der Waals surface area contributed by atoms with Crippen molar-refractivity contribution in [3.8, 4) is 0 Å². The summed E-state index contributed by atoms with van der Waals surface area (Å²) in [6.45, 7) is 1.86. The third-order valence-electron chi connectivity index (χ3n) is 6.05. The van der Waals surface area contributed by atoms with Crippen molar-refractivity contribution >= 4 is 22.1 Å². The number of nitrogens with zero attached hydrogens (tertiary/aromatic N) is 4. The highest BCUT2D eigenvalue weighted by Gasteiger charge is 2.41. The van der Waals surface area contributed by atoms with Crippen LogP contribution in [0.25, 0.3) is 6.08 Å². The second-order valence-electron chi connectivity index (χ2n) is 8.12. The van der Waals surface area contributed by atoms with Crippen molar-refractivity contribution in [1.82, 2.24) is 19.2 Å². The number of aromatic carboxylic acids is 1. The van der Waals surface area contributed by atoms with Crippen molar-refractivity contribution in [3.63, 3.8) is 0 Å². The van der Waals surface area contributed by atoms with Gasteiger partial charge in [-0.3, -0.25) is 0 Å². The highest BCUT2D eigenvalue weighted by atomic mass is 32.2. The van der Waals surface area contributed by atoms with Crippen LogP contribution in [-0.2, 0) is 21.9 Å². The van der Waals surface area contributed by atoms with Crippen LogP contribution in [0.1, 0.15) is 38.6 Å². The predicted molar refractivity (Wildman–Crippen MR) is 125 cm³/mol. The molecule has 2 aromatic carbocycles. The van der Waals surface area contributed by atoms with Crippen LogP contribution < -0.4 is 0 Å². The lowest BCUT2D eigenvalue weighted by molar-refractivity contribution is 0.0690. The number of rotatable bonds is 5. The van der Waals surface area contributed by atoms with Crippen LogP contribution in [0.2, 0.25) is 0 Å². The van der Waals surface area contributed by atoms with Crippen LogP contribution in [0.4, 0.5) is 0 Å². The van der Waals surface area contributed by atoms with Gasteiger partial charge in [-0.2, -0.15) is 12.5 Å². The van der Waals surface area contributed by atoms with Gasteiger partial charge in [0.15, 0.2) is 5.69 Å². The van der Waals surface area contributed by atoms with Gasteiger partial charge in [-0.25, -0.2) is 14.8 Å². The number of hydrogen-bond donors (Lipinski definition) is 1. The number of carboxylic acid groups (broad SMARTS) is 1. The molecule has 8 nitrogen and oxygen atoms in total. The first-order valence-corrected chi connectivity index (χ1v) is 12.0. The van der Waals surface area contributed by atoms with E-state index in [-0.39, 0.29) is 28.3 Å². The average molecular weight is 473 g/mol. The predicted octanol–water partition coefficient (Wildman–Crippen LogP) is 3.47. The molecule has 1 aliphatic carbocycles. The van der Waals surface area contributed by atoms with E-state index in [9.17, 15) is 18.3 Å². The molecule has 9 heteroatoms. The van der Waals surface area contributed by atoms with Crippen molar-refractivity contribution in [3.05, 3.63) is 113 Å². The normalized spacial score (nSPS) is 17.3. The van der Waals surface area contributed by atoms with Crippen LogP contribution in [0.15, 0.2) is 84.2 Å². The number of benzene rings is 2. The van der Waals surface area contributed by atoms with Gasteiger partial charge >= 0.3 is 5.97 Å². The van der Waals surface area contributed by atoms with Gasteiger partial charge in [0.05, 0.1) is 21.7 Å². The topological polar surface area (TPSA) is 115 Å². The second kappa shape index (κ2) is 8.03. The molecule has 1 aliphatic rings. The third kappa shape index (κ3) is 3.41. The molecule has 1 unspecified atom stereocenters. The molecule has 0 fully saturated rings. The maximum Gasteiger partial charge on any atom is 0.357 e. The Morgan fingerprint density at radius 3 is 2.44 bits per heavy atom. The molecule has 0 spiro atoms. The fraction of sp³-hybridized carbons (Fsp3) is 0.120. The minimum atomic E-state index is -4.15. The number of fused-ring (bicyclic) bond motifs is 1. The Morgan fingerprint density at radius 1 is 1.06 bits per heavy atom. The van der Waals surface area contributed by atoms with E-state index in [2.05, 4.69) is 15.1 Å². The lowest BCUT2D eigenvalue weighted by atomic mass is 9.70. The Kier molecular flexibility index (Phi) is 5.13. The Labute approximate surface area is 196 Å². The number of carbonyl (C=O) groups is 1. The molecule has 0 bridgehead atoms. The minimum Gasteiger partial charge on any atom is -0.476 e. The molecule has 5 rings (SSSR count). The van der Waals surface area contributed by atoms with E-state index >= 15 is 0 Å². The summed E-state index contributed by atoms with van der Waals surface area (Å²) in [4.78, 5) is 20.5. The largest absolute Gasteiger partial charge is 0.476 e. The van der Waals surface area contributed by atoms with Gasteiger partial charge in [-0.1, -0.05) is 60.2 Å². The van der Waals surface area contributed by atoms with E-state index < -0.39 is 21.4 Å². The zero-order chi connectivity index (χ0) is 23.9. The van der Waals surface area contributed by atoms with Gasteiger partial charge in [0, 0.05) is 18.2 Å². The summed E-state index contributed by atoms with van der Waals surface area (Å²) in [5.41, 5.74) is 1.84. The van der Waals surface area contributed by atoms with E-state index in [4.69, 9.17) is 0 Å². The standard InChI is InChI=1S/C25H20N4O4S/c1-17-7-9-19(10-8-17)34(32,33)29-21-15-25(18-5-3-2-4-6-18,22-12-14-26-16-27-22)13-11-20(21)23(28-29)24(30)31/h2-14,16H,15H2,1H3,(H,30,31). The Hall–Kier alpha value is -4.11. The highest BCUT2D eigenvalue weighted by Crippen LogP contribution is 2.42. The molecule has 0 saturated heterocycles. The molecule has 0 aliphatic heterocycles. The fourth-order valence-corrected chi connectivity index (χ4v) is 5.63. The number of allylic oxidation sites excluding steroid dienone is 1. The van der Waals surface area contributed by atoms with Crippen molar-refractivity contribution in [2.24, 2.45) is 0 Å². The highest BCUT2D eigenvalue weighted by molar-refractivity contribution is 7.89. The third-order valence-corrected chi connectivity index (χ3v) is 7.67. The van der Waals surface area contributed by atoms with Gasteiger partial charge < -0.3 is 5.11 Å². The van der Waals surface area contributed by atoms with Gasteiger partial charge in [0.2, 0.25) is 0 Å². The Morgan fingerprint density at radius 2 is 1.79 bits per heavy atom. The molecular weight excluding hydrogens is 452 g/mol.